The first kappa shape index (κ1) is 13.8. The molecule has 0 unspecified atom stereocenters. The molecule has 0 radical (unpaired) electrons. The van der Waals surface area contributed by atoms with Crippen LogP contribution in [0.1, 0.15) is 26.2 Å². The average molecular weight is 268 g/mol. The highest BCUT2D eigenvalue weighted by Gasteiger charge is 2.15. The predicted molar refractivity (Wildman–Crippen MR) is 69.1 cm³/mol. The van der Waals surface area contributed by atoms with Gasteiger partial charge >= 0.3 is 12.0 Å². The van der Waals surface area contributed by atoms with Gasteiger partial charge in [0.05, 0.1) is 13.2 Å². The topological polar surface area (TPSA) is 92.4 Å². The number of rotatable bonds is 6. The number of hydrogen-bond donors (Lipinski definition) is 1. The predicted octanol–water partition coefficient (Wildman–Crippen LogP) is 1.05. The van der Waals surface area contributed by atoms with Gasteiger partial charge in [-0.1, -0.05) is 6.92 Å². The van der Waals surface area contributed by atoms with E-state index in [1.54, 1.807) is 0 Å². The van der Waals surface area contributed by atoms with E-state index < -0.39 is 0 Å². The van der Waals surface area contributed by atoms with Crippen molar-refractivity contribution in [1.82, 2.24) is 15.0 Å². The first-order chi connectivity index (χ1) is 9.28. The Kier molecular flexibility index (Phi) is 5.14. The van der Waals surface area contributed by atoms with Crippen molar-refractivity contribution in [2.24, 2.45) is 5.92 Å². The van der Waals surface area contributed by atoms with E-state index in [-0.39, 0.29) is 18.0 Å². The lowest BCUT2D eigenvalue weighted by Gasteiger charge is -2.21. The lowest BCUT2D eigenvalue weighted by Crippen LogP contribution is -2.22. The number of aromatic nitrogens is 3. The second-order valence-electron chi connectivity index (χ2n) is 4.47. The molecule has 1 saturated heterocycles. The lowest BCUT2D eigenvalue weighted by molar-refractivity contribution is 0.0480. The third kappa shape index (κ3) is 4.51. The third-order valence-corrected chi connectivity index (χ3v) is 2.84. The smallest absolute Gasteiger partial charge is 0.324 e. The summed E-state index contributed by atoms with van der Waals surface area (Å²) in [6, 6.07) is 0.446. The summed E-state index contributed by atoms with van der Waals surface area (Å²) in [6.07, 6.45) is 2.88. The molecule has 0 bridgehead atoms. The number of nitrogen functional groups attached to an aromatic ring is 1. The Morgan fingerprint density at radius 1 is 1.16 bits per heavy atom. The van der Waals surface area contributed by atoms with Crippen molar-refractivity contribution in [3.63, 3.8) is 0 Å². The molecular formula is C12H20N4O3. The van der Waals surface area contributed by atoms with Gasteiger partial charge in [-0.2, -0.15) is 9.97 Å². The molecule has 7 heteroatoms. The molecule has 2 N–H and O–H groups in total. The van der Waals surface area contributed by atoms with Crippen LogP contribution in [-0.4, -0.2) is 41.4 Å². The zero-order chi connectivity index (χ0) is 13.5. The van der Waals surface area contributed by atoms with Crippen LogP contribution < -0.4 is 15.2 Å². The largest absolute Gasteiger partial charge is 0.463 e. The maximum absolute atomic E-state index is 5.60. The van der Waals surface area contributed by atoms with E-state index in [2.05, 4.69) is 15.0 Å². The summed E-state index contributed by atoms with van der Waals surface area (Å²) < 4.78 is 16.2. The van der Waals surface area contributed by atoms with Gasteiger partial charge in [0.2, 0.25) is 5.95 Å². The van der Waals surface area contributed by atoms with Crippen LogP contribution in [0, 0.1) is 5.92 Å². The molecule has 2 rings (SSSR count). The van der Waals surface area contributed by atoms with Crippen molar-refractivity contribution in [2.75, 3.05) is 32.2 Å². The average Bonchev–Trinajstić information content (AvgIpc) is 2.43. The van der Waals surface area contributed by atoms with Gasteiger partial charge in [-0.25, -0.2) is 0 Å². The van der Waals surface area contributed by atoms with Crippen LogP contribution in [-0.2, 0) is 4.74 Å². The van der Waals surface area contributed by atoms with Crippen molar-refractivity contribution in [1.29, 1.82) is 0 Å². The van der Waals surface area contributed by atoms with Gasteiger partial charge in [-0.05, 0) is 25.2 Å². The molecule has 0 atom stereocenters. The lowest BCUT2D eigenvalue weighted by atomic mass is 10.0. The van der Waals surface area contributed by atoms with E-state index in [0.29, 0.717) is 19.1 Å². The Bertz CT molecular complexity index is 397. The summed E-state index contributed by atoms with van der Waals surface area (Å²) >= 11 is 0. The van der Waals surface area contributed by atoms with E-state index in [0.717, 1.165) is 32.5 Å². The molecule has 1 aliphatic heterocycles. The van der Waals surface area contributed by atoms with E-state index in [1.807, 2.05) is 6.92 Å². The normalized spacial score (nSPS) is 16.3. The van der Waals surface area contributed by atoms with E-state index >= 15 is 0 Å². The number of ether oxygens (including phenoxy) is 3. The standard InChI is InChI=1S/C12H20N4O3/c1-2-5-18-11-14-10(13)15-12(16-11)19-8-9-3-6-17-7-4-9/h9H,2-8H2,1H3,(H2,13,14,15,16). The summed E-state index contributed by atoms with van der Waals surface area (Å²) in [4.78, 5) is 11.9. The molecule has 0 aromatic carbocycles. The molecule has 0 spiro atoms. The Morgan fingerprint density at radius 2 is 1.84 bits per heavy atom. The van der Waals surface area contributed by atoms with Crippen LogP contribution in [0.25, 0.3) is 0 Å². The fraction of sp³-hybridized carbons (Fsp3) is 0.750. The summed E-state index contributed by atoms with van der Waals surface area (Å²) in [5.41, 5.74) is 5.60. The van der Waals surface area contributed by atoms with Gasteiger partial charge in [-0.15, -0.1) is 4.98 Å². The van der Waals surface area contributed by atoms with Crippen LogP contribution in [0.3, 0.4) is 0 Å². The fourth-order valence-corrected chi connectivity index (χ4v) is 1.78. The van der Waals surface area contributed by atoms with Crippen molar-refractivity contribution >= 4 is 5.95 Å². The minimum Gasteiger partial charge on any atom is -0.463 e. The van der Waals surface area contributed by atoms with E-state index in [9.17, 15) is 0 Å². The SMILES string of the molecule is CCCOc1nc(N)nc(OCC2CCOCC2)n1. The molecular weight excluding hydrogens is 248 g/mol. The van der Waals surface area contributed by atoms with Crippen LogP contribution in [0.15, 0.2) is 0 Å². The second kappa shape index (κ2) is 7.08. The molecule has 19 heavy (non-hydrogen) atoms. The van der Waals surface area contributed by atoms with Crippen molar-refractivity contribution < 1.29 is 14.2 Å². The number of nitrogens with zero attached hydrogens (tertiary/aromatic N) is 3. The Hall–Kier alpha value is -1.63. The zero-order valence-electron chi connectivity index (χ0n) is 11.2. The van der Waals surface area contributed by atoms with Crippen LogP contribution >= 0.6 is 0 Å². The minimum atomic E-state index is 0.114. The highest BCUT2D eigenvalue weighted by atomic mass is 16.5. The summed E-state index contributed by atoms with van der Waals surface area (Å²) in [7, 11) is 0. The first-order valence-electron chi connectivity index (χ1n) is 6.63. The molecule has 1 fully saturated rings. The highest BCUT2D eigenvalue weighted by Crippen LogP contribution is 2.17. The Labute approximate surface area is 112 Å². The number of hydrogen-bond acceptors (Lipinski definition) is 7. The van der Waals surface area contributed by atoms with E-state index in [1.165, 1.54) is 0 Å². The molecule has 2 heterocycles. The monoisotopic (exact) mass is 268 g/mol. The van der Waals surface area contributed by atoms with Gasteiger partial charge in [0.25, 0.3) is 0 Å². The zero-order valence-corrected chi connectivity index (χ0v) is 11.2. The molecule has 1 aliphatic rings. The minimum absolute atomic E-state index is 0.114. The fourth-order valence-electron chi connectivity index (χ4n) is 1.78. The van der Waals surface area contributed by atoms with Crippen molar-refractivity contribution in [3.05, 3.63) is 0 Å². The molecule has 106 valence electrons. The van der Waals surface area contributed by atoms with Gasteiger partial charge in [0.1, 0.15) is 0 Å². The summed E-state index contributed by atoms with van der Waals surface area (Å²) in [5.74, 6) is 0.592. The van der Waals surface area contributed by atoms with Crippen molar-refractivity contribution in [3.8, 4) is 12.0 Å². The molecule has 1 aromatic heterocycles. The van der Waals surface area contributed by atoms with Gasteiger partial charge < -0.3 is 19.9 Å². The maximum Gasteiger partial charge on any atom is 0.324 e. The van der Waals surface area contributed by atoms with Gasteiger partial charge in [0.15, 0.2) is 0 Å². The second-order valence-corrected chi connectivity index (χ2v) is 4.47. The van der Waals surface area contributed by atoms with Crippen LogP contribution in [0.5, 0.6) is 12.0 Å². The Morgan fingerprint density at radius 3 is 2.53 bits per heavy atom. The Balaban J connectivity index is 1.89. The quantitative estimate of drug-likeness (QED) is 0.824. The van der Waals surface area contributed by atoms with Crippen LogP contribution in [0.2, 0.25) is 0 Å². The third-order valence-electron chi connectivity index (χ3n) is 2.84. The van der Waals surface area contributed by atoms with Crippen molar-refractivity contribution in [2.45, 2.75) is 26.2 Å². The first-order valence-corrected chi connectivity index (χ1v) is 6.63. The molecule has 0 amide bonds. The van der Waals surface area contributed by atoms with E-state index in [4.69, 9.17) is 19.9 Å². The summed E-state index contributed by atoms with van der Waals surface area (Å²) in [5, 5.41) is 0. The summed E-state index contributed by atoms with van der Waals surface area (Å²) in [6.45, 7) is 4.70. The molecule has 0 aliphatic carbocycles. The maximum atomic E-state index is 5.60. The molecule has 7 nitrogen and oxygen atoms in total. The van der Waals surface area contributed by atoms with Gasteiger partial charge in [0, 0.05) is 13.2 Å². The van der Waals surface area contributed by atoms with Gasteiger partial charge in [-0.3, -0.25) is 0 Å². The van der Waals surface area contributed by atoms with Crippen LogP contribution in [0.4, 0.5) is 5.95 Å². The highest BCUT2D eigenvalue weighted by molar-refractivity contribution is 5.20. The molecule has 0 saturated carbocycles. The number of anilines is 1. The molecule has 1 aromatic rings. The number of nitrogens with two attached hydrogens (primary N) is 1.